The maximum absolute atomic E-state index is 12.5. The largest absolute Gasteiger partial charge is 0.496 e. The Kier molecular flexibility index (Phi) is 4.84. The van der Waals surface area contributed by atoms with Crippen LogP contribution in [0, 0.1) is 0 Å². The smallest absolute Gasteiger partial charge is 0.307 e. The maximum Gasteiger partial charge on any atom is 0.307 e. The van der Waals surface area contributed by atoms with Crippen molar-refractivity contribution in [3.63, 3.8) is 0 Å². The van der Waals surface area contributed by atoms with E-state index in [9.17, 15) is 4.79 Å². The van der Waals surface area contributed by atoms with Gasteiger partial charge >= 0.3 is 5.91 Å². The second kappa shape index (κ2) is 7.58. The van der Waals surface area contributed by atoms with E-state index in [2.05, 4.69) is 25.9 Å². The molecule has 0 saturated carbocycles. The average Bonchev–Trinajstić information content (AvgIpc) is 3.44. The van der Waals surface area contributed by atoms with Gasteiger partial charge in [-0.3, -0.25) is 9.48 Å². The summed E-state index contributed by atoms with van der Waals surface area (Å²) in [5.41, 5.74) is 0.752. The number of ether oxygens (including phenoxy) is 1. The van der Waals surface area contributed by atoms with Crippen molar-refractivity contribution in [3.05, 3.63) is 48.7 Å². The first-order chi connectivity index (χ1) is 13.2. The summed E-state index contributed by atoms with van der Waals surface area (Å²) in [5.74, 6) is 0.864. The number of oxazole rings is 1. The minimum Gasteiger partial charge on any atom is -0.496 e. The minimum absolute atomic E-state index is 0.00707. The molecule has 0 unspecified atom stereocenters. The van der Waals surface area contributed by atoms with Crippen LogP contribution in [-0.2, 0) is 6.54 Å². The van der Waals surface area contributed by atoms with E-state index < -0.39 is 0 Å². The van der Waals surface area contributed by atoms with Gasteiger partial charge in [-0.1, -0.05) is 17.3 Å². The number of para-hydroxylation sites is 1. The van der Waals surface area contributed by atoms with Crippen molar-refractivity contribution < 1.29 is 13.9 Å². The van der Waals surface area contributed by atoms with Crippen LogP contribution in [0.15, 0.2) is 47.3 Å². The monoisotopic (exact) mass is 368 g/mol. The summed E-state index contributed by atoms with van der Waals surface area (Å²) in [6, 6.07) is 7.67. The van der Waals surface area contributed by atoms with E-state index in [0.717, 1.165) is 12.0 Å². The van der Waals surface area contributed by atoms with Crippen LogP contribution >= 0.6 is 0 Å². The van der Waals surface area contributed by atoms with Crippen molar-refractivity contribution in [2.45, 2.75) is 25.0 Å². The van der Waals surface area contributed by atoms with Crippen molar-refractivity contribution >= 4 is 5.91 Å². The third-order valence-corrected chi connectivity index (χ3v) is 4.51. The maximum atomic E-state index is 12.5. The van der Waals surface area contributed by atoms with Gasteiger partial charge in [0.2, 0.25) is 0 Å². The predicted octanol–water partition coefficient (Wildman–Crippen LogP) is 1.10. The number of methoxy groups -OCH3 is 1. The van der Waals surface area contributed by atoms with E-state index in [4.69, 9.17) is 9.15 Å². The molecule has 1 aliphatic rings. The quantitative estimate of drug-likeness (QED) is 0.671. The number of benzene rings is 1. The highest BCUT2D eigenvalue weighted by molar-refractivity contribution is 5.90. The zero-order chi connectivity index (χ0) is 18.6. The first kappa shape index (κ1) is 17.2. The number of nitrogens with zero attached hydrogens (tertiary/aromatic N) is 4. The molecule has 9 nitrogen and oxygen atoms in total. The highest BCUT2D eigenvalue weighted by Gasteiger charge is 2.27. The first-order valence-corrected chi connectivity index (χ1v) is 8.70. The molecule has 140 valence electrons. The number of nitrogens with one attached hydrogen (secondary N) is 2. The molecule has 1 aliphatic heterocycles. The molecule has 0 radical (unpaired) electrons. The van der Waals surface area contributed by atoms with Gasteiger partial charge in [0.15, 0.2) is 5.76 Å². The summed E-state index contributed by atoms with van der Waals surface area (Å²) in [4.78, 5) is 16.6. The minimum atomic E-state index is -0.329. The van der Waals surface area contributed by atoms with Gasteiger partial charge in [0.05, 0.1) is 31.6 Å². The zero-order valence-electron chi connectivity index (χ0n) is 14.8. The summed E-state index contributed by atoms with van der Waals surface area (Å²) in [6.45, 7) is 1.40. The Morgan fingerprint density at radius 2 is 2.33 bits per heavy atom. The van der Waals surface area contributed by atoms with Crippen LogP contribution in [0.1, 0.15) is 17.1 Å². The molecule has 1 aromatic carbocycles. The topological polar surface area (TPSA) is 107 Å². The van der Waals surface area contributed by atoms with Crippen LogP contribution < -0.4 is 15.4 Å². The summed E-state index contributed by atoms with van der Waals surface area (Å²) >= 11 is 0. The molecule has 3 heterocycles. The standard InChI is InChI=1S/C18H20N6O3/c1-26-15-5-3-2-4-14(15)16-10-20-18(27-16)17(25)22-12-8-13(19-9-12)11-24-7-6-21-23-24/h2-7,10,12-13,19H,8-9,11H2,1H3,(H,22,25)/t12-,13+/m1/s1. The number of rotatable bonds is 6. The van der Waals surface area contributed by atoms with E-state index in [1.54, 1.807) is 18.0 Å². The summed E-state index contributed by atoms with van der Waals surface area (Å²) in [5, 5.41) is 14.1. The molecule has 27 heavy (non-hydrogen) atoms. The Morgan fingerprint density at radius 3 is 3.15 bits per heavy atom. The Bertz CT molecular complexity index is 907. The molecule has 0 spiro atoms. The first-order valence-electron chi connectivity index (χ1n) is 8.70. The lowest BCUT2D eigenvalue weighted by Gasteiger charge is -2.11. The molecule has 1 amide bonds. The van der Waals surface area contributed by atoms with Crippen LogP contribution in [0.25, 0.3) is 11.3 Å². The molecule has 2 aromatic heterocycles. The third-order valence-electron chi connectivity index (χ3n) is 4.51. The molecular weight excluding hydrogens is 348 g/mol. The fourth-order valence-corrected chi connectivity index (χ4v) is 3.22. The third kappa shape index (κ3) is 3.82. The fraction of sp³-hybridized carbons (Fsp3) is 0.333. The molecule has 2 atom stereocenters. The van der Waals surface area contributed by atoms with Gasteiger partial charge in [0.25, 0.3) is 5.89 Å². The zero-order valence-corrected chi connectivity index (χ0v) is 14.8. The summed E-state index contributed by atoms with van der Waals surface area (Å²) in [7, 11) is 1.59. The van der Waals surface area contributed by atoms with Crippen molar-refractivity contribution in [3.8, 4) is 17.1 Å². The highest BCUT2D eigenvalue weighted by atomic mass is 16.5. The number of aromatic nitrogens is 4. The lowest BCUT2D eigenvalue weighted by Crippen LogP contribution is -2.36. The molecule has 1 saturated heterocycles. The Balaban J connectivity index is 1.37. The van der Waals surface area contributed by atoms with Crippen molar-refractivity contribution in [1.29, 1.82) is 0 Å². The number of carbonyl (C=O) groups is 1. The Morgan fingerprint density at radius 1 is 1.44 bits per heavy atom. The Hall–Kier alpha value is -3.20. The van der Waals surface area contributed by atoms with Gasteiger partial charge in [-0.15, -0.1) is 5.10 Å². The molecule has 0 aliphatic carbocycles. The second-order valence-electron chi connectivity index (χ2n) is 6.37. The van der Waals surface area contributed by atoms with E-state index >= 15 is 0 Å². The predicted molar refractivity (Wildman–Crippen MR) is 96.2 cm³/mol. The van der Waals surface area contributed by atoms with Crippen LogP contribution in [0.2, 0.25) is 0 Å². The normalized spacial score (nSPS) is 19.1. The van der Waals surface area contributed by atoms with Gasteiger partial charge < -0.3 is 19.8 Å². The molecule has 2 N–H and O–H groups in total. The highest BCUT2D eigenvalue weighted by Crippen LogP contribution is 2.29. The van der Waals surface area contributed by atoms with Crippen LogP contribution in [0.5, 0.6) is 5.75 Å². The molecular formula is C18H20N6O3. The van der Waals surface area contributed by atoms with Crippen LogP contribution in [0.3, 0.4) is 0 Å². The van der Waals surface area contributed by atoms with Gasteiger partial charge in [-0.25, -0.2) is 4.98 Å². The van der Waals surface area contributed by atoms with Gasteiger partial charge in [-0.2, -0.15) is 0 Å². The molecule has 4 rings (SSSR count). The van der Waals surface area contributed by atoms with Crippen molar-refractivity contribution in [2.24, 2.45) is 0 Å². The lowest BCUT2D eigenvalue weighted by molar-refractivity contribution is 0.0905. The number of amides is 1. The number of carbonyl (C=O) groups excluding carboxylic acids is 1. The molecule has 9 heteroatoms. The van der Waals surface area contributed by atoms with Crippen LogP contribution in [-0.4, -0.2) is 51.6 Å². The van der Waals surface area contributed by atoms with Gasteiger partial charge in [0.1, 0.15) is 5.75 Å². The van der Waals surface area contributed by atoms with E-state index in [1.165, 1.54) is 6.20 Å². The molecule has 0 bridgehead atoms. The molecule has 3 aromatic rings. The lowest BCUT2D eigenvalue weighted by atomic mass is 10.1. The van der Waals surface area contributed by atoms with E-state index in [-0.39, 0.29) is 23.9 Å². The fourth-order valence-electron chi connectivity index (χ4n) is 3.22. The van der Waals surface area contributed by atoms with Gasteiger partial charge in [0, 0.05) is 24.8 Å². The van der Waals surface area contributed by atoms with E-state index in [0.29, 0.717) is 24.6 Å². The van der Waals surface area contributed by atoms with Gasteiger partial charge in [-0.05, 0) is 18.6 Å². The van der Waals surface area contributed by atoms with Crippen LogP contribution in [0.4, 0.5) is 0 Å². The summed E-state index contributed by atoms with van der Waals surface area (Å²) < 4.78 is 12.7. The van der Waals surface area contributed by atoms with Crippen molar-refractivity contribution in [2.75, 3.05) is 13.7 Å². The second-order valence-corrected chi connectivity index (χ2v) is 6.37. The molecule has 1 fully saturated rings. The average molecular weight is 368 g/mol. The number of hydrogen-bond donors (Lipinski definition) is 2. The number of hydrogen-bond acceptors (Lipinski definition) is 7. The van der Waals surface area contributed by atoms with Crippen molar-refractivity contribution in [1.82, 2.24) is 30.6 Å². The van der Waals surface area contributed by atoms with E-state index in [1.807, 2.05) is 30.5 Å². The Labute approximate surface area is 155 Å². The summed E-state index contributed by atoms with van der Waals surface area (Å²) in [6.07, 6.45) is 5.80. The SMILES string of the molecule is COc1ccccc1-c1cnc(C(=O)N[C@H]2CN[C@H](Cn3ccnn3)C2)o1.